The maximum Gasteiger partial charge on any atom is 0.268 e. The van der Waals surface area contributed by atoms with Crippen molar-refractivity contribution in [1.29, 1.82) is 0 Å². The summed E-state index contributed by atoms with van der Waals surface area (Å²) in [6.07, 6.45) is 0.989. The van der Waals surface area contributed by atoms with E-state index < -0.39 is 0 Å². The third kappa shape index (κ3) is 3.63. The molecule has 2 aromatic carbocycles. The maximum absolute atomic E-state index is 12.8. The van der Waals surface area contributed by atoms with Gasteiger partial charge in [0.2, 0.25) is 0 Å². The summed E-state index contributed by atoms with van der Waals surface area (Å²) in [6, 6.07) is 11.7. The molecule has 0 fully saturated rings. The summed E-state index contributed by atoms with van der Waals surface area (Å²) in [5.41, 5.74) is 3.41. The van der Waals surface area contributed by atoms with Crippen LogP contribution in [0.25, 0.3) is 10.9 Å². The van der Waals surface area contributed by atoms with Gasteiger partial charge in [0.05, 0.1) is 32.9 Å². The number of H-pyrrole nitrogens is 1. The van der Waals surface area contributed by atoms with Crippen molar-refractivity contribution < 1.29 is 19.0 Å². The zero-order chi connectivity index (χ0) is 20.3. The van der Waals surface area contributed by atoms with Crippen LogP contribution >= 0.6 is 0 Å². The third-order valence-corrected chi connectivity index (χ3v) is 4.92. The predicted molar refractivity (Wildman–Crippen MR) is 110 cm³/mol. The van der Waals surface area contributed by atoms with E-state index in [9.17, 15) is 4.79 Å². The van der Waals surface area contributed by atoms with Crippen LogP contribution in [0.15, 0.2) is 36.4 Å². The number of ether oxygens (including phenoxy) is 3. The van der Waals surface area contributed by atoms with Crippen molar-refractivity contribution in [3.8, 4) is 17.2 Å². The SMILES string of the molecule is CCc1ccc(C(C)NC(=O)c2cc3c(OC)cc(OC)c(OC)c3[nH]2)cc1. The van der Waals surface area contributed by atoms with E-state index in [-0.39, 0.29) is 11.9 Å². The van der Waals surface area contributed by atoms with Crippen molar-refractivity contribution in [1.82, 2.24) is 10.3 Å². The standard InChI is InChI=1S/C22H26N2O4/c1-6-14-7-9-15(10-8-14)13(2)23-22(25)17-11-16-18(26-3)12-19(27-4)21(28-5)20(16)24-17/h7-13,24H,6H2,1-5H3,(H,23,25). The Morgan fingerprint density at radius 2 is 1.71 bits per heavy atom. The third-order valence-electron chi connectivity index (χ3n) is 4.92. The zero-order valence-corrected chi connectivity index (χ0v) is 16.9. The Labute approximate surface area is 164 Å². The van der Waals surface area contributed by atoms with E-state index in [0.717, 1.165) is 17.4 Å². The van der Waals surface area contributed by atoms with E-state index in [1.807, 2.05) is 19.1 Å². The number of aryl methyl sites for hydroxylation is 1. The first-order chi connectivity index (χ1) is 13.5. The molecule has 2 N–H and O–H groups in total. The molecule has 3 aromatic rings. The summed E-state index contributed by atoms with van der Waals surface area (Å²) < 4.78 is 16.3. The lowest BCUT2D eigenvalue weighted by atomic mass is 10.0. The molecule has 0 saturated heterocycles. The average Bonchev–Trinajstić information content (AvgIpc) is 3.17. The smallest absolute Gasteiger partial charge is 0.268 e. The number of amides is 1. The maximum atomic E-state index is 12.8. The number of benzene rings is 2. The highest BCUT2D eigenvalue weighted by Crippen LogP contribution is 2.41. The molecule has 6 nitrogen and oxygen atoms in total. The highest BCUT2D eigenvalue weighted by molar-refractivity contribution is 6.02. The molecule has 28 heavy (non-hydrogen) atoms. The molecule has 6 heteroatoms. The molecule has 3 rings (SSSR count). The van der Waals surface area contributed by atoms with Gasteiger partial charge in [-0.2, -0.15) is 0 Å². The number of hydrogen-bond acceptors (Lipinski definition) is 4. The molecule has 1 aromatic heterocycles. The largest absolute Gasteiger partial charge is 0.496 e. The first-order valence-corrected chi connectivity index (χ1v) is 9.23. The van der Waals surface area contributed by atoms with Crippen molar-refractivity contribution in [3.05, 3.63) is 53.2 Å². The van der Waals surface area contributed by atoms with Crippen molar-refractivity contribution in [2.45, 2.75) is 26.3 Å². The molecule has 0 aliphatic heterocycles. The lowest BCUT2D eigenvalue weighted by Crippen LogP contribution is -2.26. The van der Waals surface area contributed by atoms with Gasteiger partial charge in [-0.05, 0) is 30.5 Å². The Hall–Kier alpha value is -3.15. The summed E-state index contributed by atoms with van der Waals surface area (Å²) in [4.78, 5) is 16.0. The van der Waals surface area contributed by atoms with E-state index in [0.29, 0.717) is 28.5 Å². The second kappa shape index (κ2) is 8.25. The number of methoxy groups -OCH3 is 3. The monoisotopic (exact) mass is 382 g/mol. The van der Waals surface area contributed by atoms with Gasteiger partial charge in [-0.3, -0.25) is 4.79 Å². The Kier molecular flexibility index (Phi) is 5.78. The van der Waals surface area contributed by atoms with Crippen molar-refractivity contribution in [2.75, 3.05) is 21.3 Å². The second-order valence-corrected chi connectivity index (χ2v) is 6.58. The lowest BCUT2D eigenvalue weighted by molar-refractivity contribution is 0.0935. The zero-order valence-electron chi connectivity index (χ0n) is 16.9. The van der Waals surface area contributed by atoms with E-state index >= 15 is 0 Å². The molecule has 1 amide bonds. The molecule has 0 spiro atoms. The highest BCUT2D eigenvalue weighted by atomic mass is 16.5. The Bertz CT molecular complexity index is 976. The van der Waals surface area contributed by atoms with Gasteiger partial charge in [0.1, 0.15) is 11.4 Å². The molecule has 148 valence electrons. The van der Waals surface area contributed by atoms with E-state index in [1.165, 1.54) is 5.56 Å². The summed E-state index contributed by atoms with van der Waals surface area (Å²) in [7, 11) is 4.70. The molecular weight excluding hydrogens is 356 g/mol. The summed E-state index contributed by atoms with van der Waals surface area (Å²) in [5.74, 6) is 1.46. The van der Waals surface area contributed by atoms with E-state index in [1.54, 1.807) is 33.5 Å². The van der Waals surface area contributed by atoms with E-state index in [4.69, 9.17) is 14.2 Å². The minimum atomic E-state index is -0.202. The number of hydrogen-bond donors (Lipinski definition) is 2. The van der Waals surface area contributed by atoms with Crippen molar-refractivity contribution in [2.24, 2.45) is 0 Å². The van der Waals surface area contributed by atoms with E-state index in [2.05, 4.69) is 29.4 Å². The topological polar surface area (TPSA) is 72.6 Å². The van der Waals surface area contributed by atoms with Crippen LogP contribution in [-0.2, 0) is 6.42 Å². The van der Waals surface area contributed by atoms with Crippen LogP contribution in [0.1, 0.15) is 41.5 Å². The van der Waals surface area contributed by atoms with Crippen LogP contribution < -0.4 is 19.5 Å². The van der Waals surface area contributed by atoms with Gasteiger partial charge in [0.25, 0.3) is 5.91 Å². The van der Waals surface area contributed by atoms with Crippen LogP contribution in [0.5, 0.6) is 17.2 Å². The summed E-state index contributed by atoms with van der Waals surface area (Å²) in [6.45, 7) is 4.08. The van der Waals surface area contributed by atoms with Gasteiger partial charge >= 0.3 is 0 Å². The quantitative estimate of drug-likeness (QED) is 0.641. The highest BCUT2D eigenvalue weighted by Gasteiger charge is 2.20. The van der Waals surface area contributed by atoms with Gasteiger partial charge < -0.3 is 24.5 Å². The normalized spacial score (nSPS) is 11.9. The van der Waals surface area contributed by atoms with Crippen molar-refractivity contribution >= 4 is 16.8 Å². The molecule has 0 aliphatic rings. The summed E-state index contributed by atoms with van der Waals surface area (Å²) in [5, 5.41) is 3.79. The number of rotatable bonds is 7. The van der Waals surface area contributed by atoms with Crippen LogP contribution in [0.2, 0.25) is 0 Å². The lowest BCUT2D eigenvalue weighted by Gasteiger charge is -2.14. The van der Waals surface area contributed by atoms with Gasteiger partial charge in [-0.15, -0.1) is 0 Å². The number of aromatic amines is 1. The number of carbonyl (C=O) groups is 1. The first-order valence-electron chi connectivity index (χ1n) is 9.23. The summed E-state index contributed by atoms with van der Waals surface area (Å²) >= 11 is 0. The van der Waals surface area contributed by atoms with Gasteiger partial charge in [0, 0.05) is 11.5 Å². The average molecular weight is 382 g/mol. The first kappa shape index (κ1) is 19.6. The molecule has 1 unspecified atom stereocenters. The minimum Gasteiger partial charge on any atom is -0.496 e. The van der Waals surface area contributed by atoms with Crippen LogP contribution in [0.3, 0.4) is 0 Å². The molecule has 0 saturated carbocycles. The number of nitrogens with one attached hydrogen (secondary N) is 2. The Balaban J connectivity index is 1.90. The van der Waals surface area contributed by atoms with Crippen LogP contribution in [0, 0.1) is 0 Å². The Morgan fingerprint density at radius 3 is 2.29 bits per heavy atom. The molecule has 0 bridgehead atoms. The number of carbonyl (C=O) groups excluding carboxylic acids is 1. The molecule has 1 heterocycles. The fourth-order valence-corrected chi connectivity index (χ4v) is 3.26. The number of aromatic nitrogens is 1. The van der Waals surface area contributed by atoms with Crippen molar-refractivity contribution in [3.63, 3.8) is 0 Å². The number of fused-ring (bicyclic) bond motifs is 1. The van der Waals surface area contributed by atoms with Gasteiger partial charge in [0.15, 0.2) is 11.5 Å². The van der Waals surface area contributed by atoms with Crippen LogP contribution in [0.4, 0.5) is 0 Å². The molecule has 0 aliphatic carbocycles. The predicted octanol–water partition coefficient (Wildman–Crippen LogP) is 4.25. The molecule has 0 radical (unpaired) electrons. The fraction of sp³-hybridized carbons (Fsp3) is 0.318. The van der Waals surface area contributed by atoms with Crippen LogP contribution in [-0.4, -0.2) is 32.2 Å². The van der Waals surface area contributed by atoms with Gasteiger partial charge in [-0.25, -0.2) is 0 Å². The minimum absolute atomic E-state index is 0.122. The second-order valence-electron chi connectivity index (χ2n) is 6.58. The molecular formula is C22H26N2O4. The molecule has 1 atom stereocenters. The Morgan fingerprint density at radius 1 is 1.04 bits per heavy atom. The fourth-order valence-electron chi connectivity index (χ4n) is 3.26. The van der Waals surface area contributed by atoms with Gasteiger partial charge in [-0.1, -0.05) is 31.2 Å².